The van der Waals surface area contributed by atoms with E-state index in [-0.39, 0.29) is 23.9 Å². The fraction of sp³-hybridized carbons (Fsp3) is 0.176. The molecule has 2 aromatic carbocycles. The average Bonchev–Trinajstić information content (AvgIpc) is 2.91. The minimum atomic E-state index is -3.74. The molecule has 0 saturated carbocycles. The van der Waals surface area contributed by atoms with Crippen molar-refractivity contribution in [3.05, 3.63) is 59.7 Å². The van der Waals surface area contributed by atoms with Crippen LogP contribution < -0.4 is 4.74 Å². The van der Waals surface area contributed by atoms with Crippen LogP contribution in [0.5, 0.6) is 5.75 Å². The Morgan fingerprint density at radius 2 is 1.92 bits per heavy atom. The molecule has 1 heterocycles. The van der Waals surface area contributed by atoms with Crippen LogP contribution in [-0.4, -0.2) is 50.8 Å². The number of nitrogens with zero attached hydrogens (tertiary/aromatic N) is 3. The van der Waals surface area contributed by atoms with Gasteiger partial charge < -0.3 is 9.84 Å². The van der Waals surface area contributed by atoms with Crippen LogP contribution in [-0.2, 0) is 10.0 Å². The second-order valence-electron chi connectivity index (χ2n) is 5.25. The maximum Gasteiger partial charge on any atom is 0.285 e. The summed E-state index contributed by atoms with van der Waals surface area (Å²) in [7, 11) is -2.15. The molecule has 0 aromatic heterocycles. The Labute approximate surface area is 145 Å². The van der Waals surface area contributed by atoms with Gasteiger partial charge in [0.25, 0.3) is 10.0 Å². The monoisotopic (exact) mass is 359 g/mol. The van der Waals surface area contributed by atoms with Gasteiger partial charge in [0, 0.05) is 5.56 Å². The van der Waals surface area contributed by atoms with Crippen molar-refractivity contribution < 1.29 is 18.3 Å². The summed E-state index contributed by atoms with van der Waals surface area (Å²) in [6.45, 7) is -0.0729. The highest BCUT2D eigenvalue weighted by atomic mass is 32.2. The molecule has 0 amide bonds. The van der Waals surface area contributed by atoms with Gasteiger partial charge in [0.15, 0.2) is 5.84 Å². The van der Waals surface area contributed by atoms with Crippen molar-refractivity contribution >= 4 is 22.1 Å². The number of aliphatic hydroxyl groups excluding tert-OH is 1. The van der Waals surface area contributed by atoms with Crippen LogP contribution in [0.15, 0.2) is 62.9 Å². The third-order valence-corrected chi connectivity index (χ3v) is 4.96. The van der Waals surface area contributed by atoms with Gasteiger partial charge in [0.1, 0.15) is 10.6 Å². The number of benzene rings is 2. The van der Waals surface area contributed by atoms with Crippen molar-refractivity contribution in [3.63, 3.8) is 0 Å². The van der Waals surface area contributed by atoms with Gasteiger partial charge in [0.05, 0.1) is 26.5 Å². The number of amidine groups is 1. The van der Waals surface area contributed by atoms with Gasteiger partial charge >= 0.3 is 0 Å². The topological polar surface area (TPSA) is 91.6 Å². The standard InChI is InChI=1S/C17H17N3O4S/c1-24-14-8-6-13(7-9-14)12-18-20(10-11-21)17-15-4-2-3-5-16(15)25(22,23)19-17/h2-9,12,21H,10-11H2,1H3/b18-12+. The van der Waals surface area contributed by atoms with Crippen LogP contribution in [0.3, 0.4) is 0 Å². The largest absolute Gasteiger partial charge is 0.497 e. The number of aliphatic hydroxyl groups is 1. The number of fused-ring (bicyclic) bond motifs is 1. The highest BCUT2D eigenvalue weighted by Gasteiger charge is 2.31. The van der Waals surface area contributed by atoms with Crippen molar-refractivity contribution in [2.45, 2.75) is 4.90 Å². The smallest absolute Gasteiger partial charge is 0.285 e. The molecule has 1 aliphatic rings. The summed E-state index contributed by atoms with van der Waals surface area (Å²) in [5, 5.41) is 15.0. The van der Waals surface area contributed by atoms with Crippen LogP contribution in [0.4, 0.5) is 0 Å². The van der Waals surface area contributed by atoms with Gasteiger partial charge in [0.2, 0.25) is 0 Å². The molecule has 0 atom stereocenters. The van der Waals surface area contributed by atoms with Crippen molar-refractivity contribution in [2.24, 2.45) is 9.50 Å². The lowest BCUT2D eigenvalue weighted by Crippen LogP contribution is -2.28. The number of ether oxygens (including phenoxy) is 1. The van der Waals surface area contributed by atoms with Crippen LogP contribution in [0, 0.1) is 0 Å². The number of sulfonamides is 1. The van der Waals surface area contributed by atoms with Gasteiger partial charge in [-0.2, -0.15) is 13.5 Å². The summed E-state index contributed by atoms with van der Waals surface area (Å²) in [5.74, 6) is 0.930. The molecule has 0 bridgehead atoms. The molecular weight excluding hydrogens is 342 g/mol. The Kier molecular flexibility index (Phi) is 4.82. The molecule has 0 saturated heterocycles. The first-order valence-electron chi connectivity index (χ1n) is 7.56. The van der Waals surface area contributed by atoms with E-state index in [9.17, 15) is 13.5 Å². The maximum atomic E-state index is 12.2. The zero-order valence-corrected chi connectivity index (χ0v) is 14.3. The van der Waals surface area contributed by atoms with Crippen LogP contribution >= 0.6 is 0 Å². The Balaban J connectivity index is 1.93. The van der Waals surface area contributed by atoms with Gasteiger partial charge in [-0.3, -0.25) is 0 Å². The first-order valence-corrected chi connectivity index (χ1v) is 9.00. The van der Waals surface area contributed by atoms with E-state index >= 15 is 0 Å². The number of methoxy groups -OCH3 is 1. The van der Waals surface area contributed by atoms with E-state index in [0.29, 0.717) is 5.56 Å². The highest BCUT2D eigenvalue weighted by Crippen LogP contribution is 2.27. The third kappa shape index (κ3) is 3.54. The zero-order chi connectivity index (χ0) is 17.9. The number of hydrazone groups is 1. The lowest BCUT2D eigenvalue weighted by Gasteiger charge is -2.17. The normalized spacial score (nSPS) is 15.0. The molecule has 2 aromatic rings. The molecule has 3 rings (SSSR count). The van der Waals surface area contributed by atoms with E-state index < -0.39 is 10.0 Å². The Morgan fingerprint density at radius 3 is 2.60 bits per heavy atom. The molecule has 1 aliphatic heterocycles. The SMILES string of the molecule is COc1ccc(/C=N/N(CCO)C2=NS(=O)(=O)c3ccccc32)cc1. The number of hydrogen-bond acceptors (Lipinski definition) is 6. The fourth-order valence-corrected chi connectivity index (χ4v) is 3.62. The molecule has 8 heteroatoms. The molecular formula is C17H17N3O4S. The summed E-state index contributed by atoms with van der Waals surface area (Å²) < 4.78 is 33.3. The van der Waals surface area contributed by atoms with Crippen LogP contribution in [0.1, 0.15) is 11.1 Å². The summed E-state index contributed by atoms with van der Waals surface area (Å²) in [5.41, 5.74) is 1.28. The van der Waals surface area contributed by atoms with Crippen molar-refractivity contribution in [3.8, 4) is 5.75 Å². The maximum absolute atomic E-state index is 12.2. The Bertz CT molecular complexity index is 921. The van der Waals surface area contributed by atoms with E-state index in [1.54, 1.807) is 43.7 Å². The van der Waals surface area contributed by atoms with Gasteiger partial charge in [-0.05, 0) is 42.0 Å². The second kappa shape index (κ2) is 7.04. The Morgan fingerprint density at radius 1 is 1.20 bits per heavy atom. The second-order valence-corrected chi connectivity index (χ2v) is 6.82. The van der Waals surface area contributed by atoms with Gasteiger partial charge in [-0.15, -0.1) is 4.40 Å². The summed E-state index contributed by atoms with van der Waals surface area (Å²) >= 11 is 0. The van der Waals surface area contributed by atoms with E-state index in [0.717, 1.165) is 11.3 Å². The average molecular weight is 359 g/mol. The minimum Gasteiger partial charge on any atom is -0.497 e. The van der Waals surface area contributed by atoms with Crippen molar-refractivity contribution in [2.75, 3.05) is 20.3 Å². The quantitative estimate of drug-likeness (QED) is 0.645. The molecule has 7 nitrogen and oxygen atoms in total. The minimum absolute atomic E-state index is 0.120. The predicted octanol–water partition coefficient (Wildman–Crippen LogP) is 1.47. The van der Waals surface area contributed by atoms with Gasteiger partial charge in [-0.1, -0.05) is 12.1 Å². The Hall–Kier alpha value is -2.71. The van der Waals surface area contributed by atoms with Crippen molar-refractivity contribution in [1.82, 2.24) is 5.01 Å². The molecule has 25 heavy (non-hydrogen) atoms. The fourth-order valence-electron chi connectivity index (χ4n) is 2.41. The first kappa shape index (κ1) is 17.1. The van der Waals surface area contributed by atoms with E-state index in [1.807, 2.05) is 12.1 Å². The molecule has 0 fully saturated rings. The highest BCUT2D eigenvalue weighted by molar-refractivity contribution is 7.90. The lowest BCUT2D eigenvalue weighted by molar-refractivity contribution is 0.254. The summed E-state index contributed by atoms with van der Waals surface area (Å²) in [6, 6.07) is 13.8. The first-order chi connectivity index (χ1) is 12.0. The third-order valence-electron chi connectivity index (χ3n) is 3.63. The van der Waals surface area contributed by atoms with E-state index in [2.05, 4.69) is 9.50 Å². The molecule has 1 N–H and O–H groups in total. The van der Waals surface area contributed by atoms with Gasteiger partial charge in [-0.25, -0.2) is 5.01 Å². The summed E-state index contributed by atoms with van der Waals surface area (Å²) in [6.07, 6.45) is 1.57. The van der Waals surface area contributed by atoms with E-state index in [4.69, 9.17) is 4.74 Å². The number of hydrogen-bond donors (Lipinski definition) is 1. The molecule has 0 unspecified atom stereocenters. The molecule has 0 spiro atoms. The zero-order valence-electron chi connectivity index (χ0n) is 13.5. The van der Waals surface area contributed by atoms with E-state index in [1.165, 1.54) is 11.1 Å². The molecule has 0 aliphatic carbocycles. The predicted molar refractivity (Wildman–Crippen MR) is 94.5 cm³/mol. The molecule has 130 valence electrons. The number of rotatable bonds is 5. The van der Waals surface area contributed by atoms with Crippen LogP contribution in [0.2, 0.25) is 0 Å². The summed E-state index contributed by atoms with van der Waals surface area (Å²) in [4.78, 5) is 0.146. The molecule has 0 radical (unpaired) electrons. The van der Waals surface area contributed by atoms with Crippen LogP contribution in [0.25, 0.3) is 0 Å². The lowest BCUT2D eigenvalue weighted by atomic mass is 10.2. The van der Waals surface area contributed by atoms with Crippen molar-refractivity contribution in [1.29, 1.82) is 0 Å².